The summed E-state index contributed by atoms with van der Waals surface area (Å²) in [7, 11) is 0. The third kappa shape index (κ3) is 2.35. The Morgan fingerprint density at radius 2 is 2.24 bits per heavy atom. The van der Waals surface area contributed by atoms with Gasteiger partial charge in [-0.15, -0.1) is 0 Å². The Morgan fingerprint density at radius 3 is 2.82 bits per heavy atom. The van der Waals surface area contributed by atoms with Gasteiger partial charge in [0.25, 0.3) is 0 Å². The Morgan fingerprint density at radius 1 is 1.53 bits per heavy atom. The van der Waals surface area contributed by atoms with Gasteiger partial charge in [-0.05, 0) is 19.1 Å². The number of urea groups is 1. The number of aromatic nitrogens is 1. The van der Waals surface area contributed by atoms with Crippen LogP contribution in [-0.4, -0.2) is 40.1 Å². The Balaban J connectivity index is 1.91. The summed E-state index contributed by atoms with van der Waals surface area (Å²) in [6, 6.07) is 3.21. The highest BCUT2D eigenvalue weighted by Crippen LogP contribution is 2.18. The number of nitrogens with one attached hydrogen (secondary N) is 1. The molecule has 0 radical (unpaired) electrons. The van der Waals surface area contributed by atoms with Crippen molar-refractivity contribution in [3.63, 3.8) is 0 Å². The number of rotatable bonds is 2. The van der Waals surface area contributed by atoms with Gasteiger partial charge >= 0.3 is 12.0 Å². The van der Waals surface area contributed by atoms with Crippen LogP contribution in [-0.2, 0) is 4.79 Å². The highest BCUT2D eigenvalue weighted by Gasteiger charge is 2.35. The van der Waals surface area contributed by atoms with E-state index in [-0.39, 0.29) is 19.1 Å². The first-order chi connectivity index (χ1) is 8.08. The van der Waals surface area contributed by atoms with Crippen LogP contribution < -0.4 is 5.32 Å². The van der Waals surface area contributed by atoms with E-state index in [0.717, 1.165) is 5.69 Å². The van der Waals surface area contributed by atoms with Crippen molar-refractivity contribution in [3.8, 4) is 0 Å². The number of pyridine rings is 1. The van der Waals surface area contributed by atoms with Crippen LogP contribution in [0.2, 0.25) is 0 Å². The molecule has 90 valence electrons. The van der Waals surface area contributed by atoms with Crippen LogP contribution in [0.15, 0.2) is 18.3 Å². The molecule has 0 unspecified atom stereocenters. The molecule has 0 bridgehead atoms. The molecule has 6 nitrogen and oxygen atoms in total. The van der Waals surface area contributed by atoms with Gasteiger partial charge in [-0.2, -0.15) is 0 Å². The molecule has 1 aliphatic heterocycles. The van der Waals surface area contributed by atoms with Gasteiger partial charge in [-0.1, -0.05) is 0 Å². The zero-order chi connectivity index (χ0) is 12.4. The minimum atomic E-state index is -0.855. The third-order valence-corrected chi connectivity index (χ3v) is 2.77. The second kappa shape index (κ2) is 4.40. The molecule has 0 aromatic carbocycles. The summed E-state index contributed by atoms with van der Waals surface area (Å²) in [5.41, 5.74) is 1.38. The molecule has 1 fully saturated rings. The molecule has 0 atom stereocenters. The summed E-state index contributed by atoms with van der Waals surface area (Å²) < 4.78 is 0. The van der Waals surface area contributed by atoms with Crippen molar-refractivity contribution >= 4 is 17.7 Å². The van der Waals surface area contributed by atoms with Crippen molar-refractivity contribution < 1.29 is 14.7 Å². The van der Waals surface area contributed by atoms with Gasteiger partial charge < -0.3 is 15.3 Å². The first kappa shape index (κ1) is 11.4. The zero-order valence-corrected chi connectivity index (χ0v) is 9.38. The lowest BCUT2D eigenvalue weighted by molar-refractivity contribution is -0.145. The van der Waals surface area contributed by atoms with Gasteiger partial charge in [0.2, 0.25) is 0 Å². The Bertz CT molecular complexity index is 455. The number of amides is 2. The van der Waals surface area contributed by atoms with Gasteiger partial charge in [0.15, 0.2) is 0 Å². The van der Waals surface area contributed by atoms with Crippen LogP contribution in [0.5, 0.6) is 0 Å². The van der Waals surface area contributed by atoms with E-state index in [1.165, 1.54) is 4.90 Å². The van der Waals surface area contributed by atoms with Gasteiger partial charge in [0.05, 0.1) is 17.3 Å². The number of likely N-dealkylation sites (tertiary alicyclic amines) is 1. The molecule has 2 N–H and O–H groups in total. The van der Waals surface area contributed by atoms with E-state index >= 15 is 0 Å². The summed E-state index contributed by atoms with van der Waals surface area (Å²) in [4.78, 5) is 27.8. The lowest BCUT2D eigenvalue weighted by Gasteiger charge is -2.36. The largest absolute Gasteiger partial charge is 0.481 e. The molecule has 1 aromatic rings. The first-order valence-electron chi connectivity index (χ1n) is 5.28. The standard InChI is InChI=1S/C11H13N3O3/c1-7-9(3-2-4-12-7)13-11(17)14-5-8(6-14)10(15)16/h2-4,8H,5-6H2,1H3,(H,13,17)(H,15,16). The summed E-state index contributed by atoms with van der Waals surface area (Å²) in [6.07, 6.45) is 1.65. The van der Waals surface area contributed by atoms with E-state index in [9.17, 15) is 9.59 Å². The topological polar surface area (TPSA) is 82.5 Å². The smallest absolute Gasteiger partial charge is 0.321 e. The lowest BCUT2D eigenvalue weighted by atomic mass is 10.0. The Labute approximate surface area is 98.3 Å². The van der Waals surface area contributed by atoms with Crippen molar-refractivity contribution in [2.24, 2.45) is 5.92 Å². The number of carboxylic acids is 1. The minimum Gasteiger partial charge on any atom is -0.481 e. The number of aryl methyl sites for hydroxylation is 1. The average molecular weight is 235 g/mol. The number of anilines is 1. The highest BCUT2D eigenvalue weighted by atomic mass is 16.4. The summed E-state index contributed by atoms with van der Waals surface area (Å²) in [5, 5.41) is 11.4. The van der Waals surface area contributed by atoms with Crippen LogP contribution in [0, 0.1) is 12.8 Å². The van der Waals surface area contributed by atoms with Gasteiger partial charge in [0, 0.05) is 19.3 Å². The molecular weight excluding hydrogens is 222 g/mol. The third-order valence-electron chi connectivity index (χ3n) is 2.77. The molecule has 1 aliphatic rings. The van der Waals surface area contributed by atoms with Crippen molar-refractivity contribution in [1.82, 2.24) is 9.88 Å². The van der Waals surface area contributed by atoms with E-state index in [1.54, 1.807) is 25.3 Å². The van der Waals surface area contributed by atoms with Crippen LogP contribution in [0.3, 0.4) is 0 Å². The van der Waals surface area contributed by atoms with Crippen LogP contribution in [0.25, 0.3) is 0 Å². The van der Waals surface area contributed by atoms with Crippen LogP contribution in [0.1, 0.15) is 5.69 Å². The van der Waals surface area contributed by atoms with E-state index in [2.05, 4.69) is 10.3 Å². The lowest BCUT2D eigenvalue weighted by Crippen LogP contribution is -2.54. The maximum absolute atomic E-state index is 11.7. The SMILES string of the molecule is Cc1ncccc1NC(=O)N1CC(C(=O)O)C1. The second-order valence-corrected chi connectivity index (χ2v) is 4.01. The van der Waals surface area contributed by atoms with Crippen molar-refractivity contribution in [2.75, 3.05) is 18.4 Å². The number of hydrogen-bond acceptors (Lipinski definition) is 3. The average Bonchev–Trinajstić information content (AvgIpc) is 2.18. The van der Waals surface area contributed by atoms with Crippen LogP contribution >= 0.6 is 0 Å². The van der Waals surface area contributed by atoms with E-state index in [0.29, 0.717) is 5.69 Å². The van der Waals surface area contributed by atoms with Crippen molar-refractivity contribution in [2.45, 2.75) is 6.92 Å². The van der Waals surface area contributed by atoms with Gasteiger partial charge in [-0.3, -0.25) is 9.78 Å². The van der Waals surface area contributed by atoms with Crippen molar-refractivity contribution in [3.05, 3.63) is 24.0 Å². The quantitative estimate of drug-likeness (QED) is 0.799. The number of hydrogen-bond donors (Lipinski definition) is 2. The van der Waals surface area contributed by atoms with Gasteiger partial charge in [-0.25, -0.2) is 4.79 Å². The fraction of sp³-hybridized carbons (Fsp3) is 0.364. The van der Waals surface area contributed by atoms with Gasteiger partial charge in [0.1, 0.15) is 0 Å². The Hall–Kier alpha value is -2.11. The number of aliphatic carboxylic acids is 1. The molecule has 2 heterocycles. The summed E-state index contributed by atoms with van der Waals surface area (Å²) in [6.45, 7) is 2.33. The molecule has 6 heteroatoms. The normalized spacial score (nSPS) is 15.2. The zero-order valence-electron chi connectivity index (χ0n) is 9.38. The molecule has 1 aromatic heterocycles. The maximum atomic E-state index is 11.7. The molecule has 2 rings (SSSR count). The second-order valence-electron chi connectivity index (χ2n) is 4.01. The number of carbonyl (C=O) groups excluding carboxylic acids is 1. The molecule has 1 saturated heterocycles. The first-order valence-corrected chi connectivity index (χ1v) is 5.28. The maximum Gasteiger partial charge on any atom is 0.321 e. The predicted octanol–water partition coefficient (Wildman–Crippen LogP) is 0.938. The highest BCUT2D eigenvalue weighted by molar-refractivity contribution is 5.91. The van der Waals surface area contributed by atoms with E-state index < -0.39 is 11.9 Å². The fourth-order valence-electron chi connectivity index (χ4n) is 1.61. The number of nitrogens with zero attached hydrogens (tertiary/aromatic N) is 2. The summed E-state index contributed by atoms with van der Waals surface area (Å²) in [5.74, 6) is -1.29. The fourth-order valence-corrected chi connectivity index (χ4v) is 1.61. The molecule has 0 saturated carbocycles. The number of carboxylic acid groups (broad SMARTS) is 1. The number of carbonyl (C=O) groups is 2. The molecule has 17 heavy (non-hydrogen) atoms. The van der Waals surface area contributed by atoms with E-state index in [4.69, 9.17) is 5.11 Å². The minimum absolute atomic E-state index is 0.264. The molecule has 0 aliphatic carbocycles. The summed E-state index contributed by atoms with van der Waals surface area (Å²) >= 11 is 0. The predicted molar refractivity (Wildman–Crippen MR) is 60.7 cm³/mol. The molecule has 0 spiro atoms. The molecule has 2 amide bonds. The molecular formula is C11H13N3O3. The van der Waals surface area contributed by atoms with Crippen LogP contribution in [0.4, 0.5) is 10.5 Å². The Kier molecular flexibility index (Phi) is 2.95. The van der Waals surface area contributed by atoms with Crippen molar-refractivity contribution in [1.29, 1.82) is 0 Å². The monoisotopic (exact) mass is 235 g/mol. The van der Waals surface area contributed by atoms with E-state index in [1.807, 2.05) is 0 Å².